The van der Waals surface area contributed by atoms with Crippen molar-refractivity contribution in [2.45, 2.75) is 26.4 Å². The molecule has 0 heterocycles. The highest BCUT2D eigenvalue weighted by Gasteiger charge is 2.15. The van der Waals surface area contributed by atoms with E-state index < -0.39 is 11.9 Å². The number of nitrogens with one attached hydrogen (secondary N) is 1. The molecule has 0 unspecified atom stereocenters. The van der Waals surface area contributed by atoms with Crippen molar-refractivity contribution < 1.29 is 28.9 Å². The van der Waals surface area contributed by atoms with Crippen LogP contribution in [0, 0.1) is 0 Å². The number of carboxylic acids is 1. The normalized spacial score (nSPS) is 10.6. The number of hydrogen-bond donors (Lipinski definition) is 2. The molecule has 28 heavy (non-hydrogen) atoms. The lowest BCUT2D eigenvalue weighted by Gasteiger charge is -2.16. The van der Waals surface area contributed by atoms with Gasteiger partial charge in [-0.05, 0) is 50.2 Å². The van der Waals surface area contributed by atoms with Crippen LogP contribution in [0.4, 0.5) is 5.69 Å². The van der Waals surface area contributed by atoms with Crippen molar-refractivity contribution in [1.29, 1.82) is 0 Å². The van der Waals surface area contributed by atoms with Gasteiger partial charge in [0, 0.05) is 25.7 Å². The fraction of sp³-hybridized carbons (Fsp3) is 0.333. The van der Waals surface area contributed by atoms with Gasteiger partial charge in [0.2, 0.25) is 0 Å². The molecule has 0 saturated heterocycles. The standard InChI is InChI=1S/C21H25NO6/c1-14(2)28-19-9-8-16(21(24)25)13-18(19)22-20(23)15-6-4-7-17(12-15)27-11-5-10-26-3/h4,6-9,12-14H,5,10-11H2,1-3H3,(H,22,23)(H,24,25). The lowest BCUT2D eigenvalue weighted by molar-refractivity contribution is 0.0696. The average Bonchev–Trinajstić information content (AvgIpc) is 2.66. The molecule has 0 aliphatic heterocycles. The monoisotopic (exact) mass is 387 g/mol. The van der Waals surface area contributed by atoms with Crippen molar-refractivity contribution >= 4 is 17.6 Å². The van der Waals surface area contributed by atoms with Crippen molar-refractivity contribution in [3.8, 4) is 11.5 Å². The summed E-state index contributed by atoms with van der Waals surface area (Å²) < 4.78 is 16.3. The summed E-state index contributed by atoms with van der Waals surface area (Å²) in [4.78, 5) is 23.9. The highest BCUT2D eigenvalue weighted by atomic mass is 16.5. The van der Waals surface area contributed by atoms with E-state index in [9.17, 15) is 14.7 Å². The molecule has 7 nitrogen and oxygen atoms in total. The van der Waals surface area contributed by atoms with E-state index in [0.29, 0.717) is 36.0 Å². The number of methoxy groups -OCH3 is 1. The molecule has 0 radical (unpaired) electrons. The van der Waals surface area contributed by atoms with Crippen molar-refractivity contribution in [2.75, 3.05) is 25.6 Å². The Kier molecular flexibility index (Phi) is 7.83. The molecule has 0 bridgehead atoms. The van der Waals surface area contributed by atoms with E-state index in [2.05, 4.69) is 5.32 Å². The minimum absolute atomic E-state index is 0.0571. The van der Waals surface area contributed by atoms with Crippen LogP contribution in [0.25, 0.3) is 0 Å². The average molecular weight is 387 g/mol. The van der Waals surface area contributed by atoms with Crippen LogP contribution in [-0.4, -0.2) is 43.4 Å². The number of anilines is 1. The van der Waals surface area contributed by atoms with Gasteiger partial charge in [-0.1, -0.05) is 6.07 Å². The Morgan fingerprint density at radius 3 is 2.54 bits per heavy atom. The molecule has 0 atom stereocenters. The van der Waals surface area contributed by atoms with Crippen LogP contribution >= 0.6 is 0 Å². The number of ether oxygens (including phenoxy) is 3. The van der Waals surface area contributed by atoms with Gasteiger partial charge < -0.3 is 24.6 Å². The zero-order chi connectivity index (χ0) is 20.5. The summed E-state index contributed by atoms with van der Waals surface area (Å²) >= 11 is 0. The summed E-state index contributed by atoms with van der Waals surface area (Å²) in [5.41, 5.74) is 0.743. The fourth-order valence-electron chi connectivity index (χ4n) is 2.43. The van der Waals surface area contributed by atoms with Crippen LogP contribution in [0.1, 0.15) is 41.0 Å². The number of rotatable bonds is 10. The Bertz CT molecular complexity index is 818. The number of carbonyl (C=O) groups excluding carboxylic acids is 1. The highest BCUT2D eigenvalue weighted by Crippen LogP contribution is 2.28. The number of carbonyl (C=O) groups is 2. The zero-order valence-electron chi connectivity index (χ0n) is 16.2. The lowest BCUT2D eigenvalue weighted by atomic mass is 10.1. The van der Waals surface area contributed by atoms with E-state index in [1.807, 2.05) is 13.8 Å². The number of aromatic carboxylic acids is 1. The topological polar surface area (TPSA) is 94.1 Å². The largest absolute Gasteiger partial charge is 0.493 e. The molecule has 0 aliphatic rings. The Morgan fingerprint density at radius 1 is 1.07 bits per heavy atom. The van der Waals surface area contributed by atoms with Gasteiger partial charge in [-0.25, -0.2) is 4.79 Å². The summed E-state index contributed by atoms with van der Waals surface area (Å²) in [7, 11) is 1.63. The molecule has 2 aromatic rings. The van der Waals surface area contributed by atoms with Gasteiger partial charge in [-0.3, -0.25) is 4.79 Å². The minimum Gasteiger partial charge on any atom is -0.493 e. The maximum absolute atomic E-state index is 12.7. The third-order valence-corrected chi connectivity index (χ3v) is 3.70. The SMILES string of the molecule is COCCCOc1cccc(C(=O)Nc2cc(C(=O)O)ccc2OC(C)C)c1. The van der Waals surface area contributed by atoms with Crippen molar-refractivity contribution in [1.82, 2.24) is 0 Å². The molecule has 0 fully saturated rings. The van der Waals surface area contributed by atoms with Crippen LogP contribution in [0.5, 0.6) is 11.5 Å². The van der Waals surface area contributed by atoms with Crippen LogP contribution in [0.3, 0.4) is 0 Å². The number of carboxylic acid groups (broad SMARTS) is 1. The van der Waals surface area contributed by atoms with Gasteiger partial charge in [0.05, 0.1) is 24.0 Å². The number of benzene rings is 2. The summed E-state index contributed by atoms with van der Waals surface area (Å²) in [6.07, 6.45) is 0.611. The smallest absolute Gasteiger partial charge is 0.335 e. The highest BCUT2D eigenvalue weighted by molar-refractivity contribution is 6.06. The molecule has 2 aromatic carbocycles. The van der Waals surface area contributed by atoms with Gasteiger partial charge in [-0.2, -0.15) is 0 Å². The van der Waals surface area contributed by atoms with E-state index in [1.165, 1.54) is 18.2 Å². The van der Waals surface area contributed by atoms with E-state index >= 15 is 0 Å². The van der Waals surface area contributed by atoms with Gasteiger partial charge >= 0.3 is 5.97 Å². The summed E-state index contributed by atoms with van der Waals surface area (Å²) in [5.74, 6) is -0.501. The first-order valence-corrected chi connectivity index (χ1v) is 8.98. The number of amides is 1. The molecule has 0 aromatic heterocycles. The molecule has 2 N–H and O–H groups in total. The van der Waals surface area contributed by atoms with Crippen LogP contribution < -0.4 is 14.8 Å². The molecule has 2 rings (SSSR count). The lowest BCUT2D eigenvalue weighted by Crippen LogP contribution is -2.15. The summed E-state index contributed by atoms with van der Waals surface area (Å²) in [6, 6.07) is 11.1. The second-order valence-electron chi connectivity index (χ2n) is 6.36. The predicted molar refractivity (Wildman–Crippen MR) is 106 cm³/mol. The third-order valence-electron chi connectivity index (χ3n) is 3.70. The third kappa shape index (κ3) is 6.28. The minimum atomic E-state index is -1.09. The maximum atomic E-state index is 12.7. The van der Waals surface area contributed by atoms with Crippen molar-refractivity contribution in [3.05, 3.63) is 53.6 Å². The van der Waals surface area contributed by atoms with Gasteiger partial charge in [-0.15, -0.1) is 0 Å². The van der Waals surface area contributed by atoms with Crippen molar-refractivity contribution in [2.24, 2.45) is 0 Å². The van der Waals surface area contributed by atoms with E-state index in [4.69, 9.17) is 14.2 Å². The first kappa shape index (κ1) is 21.2. The van der Waals surface area contributed by atoms with Gasteiger partial charge in [0.15, 0.2) is 0 Å². The predicted octanol–water partition coefficient (Wildman–Crippen LogP) is 3.84. The quantitative estimate of drug-likeness (QED) is 0.602. The molecular formula is C21H25NO6. The Morgan fingerprint density at radius 2 is 1.86 bits per heavy atom. The fourth-order valence-corrected chi connectivity index (χ4v) is 2.43. The van der Waals surface area contributed by atoms with Crippen LogP contribution in [0.2, 0.25) is 0 Å². The second-order valence-corrected chi connectivity index (χ2v) is 6.36. The molecule has 150 valence electrons. The van der Waals surface area contributed by atoms with Crippen LogP contribution in [0.15, 0.2) is 42.5 Å². The first-order chi connectivity index (χ1) is 13.4. The summed E-state index contributed by atoms with van der Waals surface area (Å²) in [5, 5.41) is 11.9. The molecule has 0 spiro atoms. The van der Waals surface area contributed by atoms with E-state index in [1.54, 1.807) is 31.4 Å². The molecule has 0 aliphatic carbocycles. The van der Waals surface area contributed by atoms with E-state index in [-0.39, 0.29) is 11.7 Å². The van der Waals surface area contributed by atoms with Gasteiger partial charge in [0.25, 0.3) is 5.91 Å². The van der Waals surface area contributed by atoms with E-state index in [0.717, 1.165) is 6.42 Å². The van der Waals surface area contributed by atoms with Crippen LogP contribution in [-0.2, 0) is 4.74 Å². The number of hydrogen-bond acceptors (Lipinski definition) is 5. The molecular weight excluding hydrogens is 362 g/mol. The Hall–Kier alpha value is -3.06. The first-order valence-electron chi connectivity index (χ1n) is 8.98. The zero-order valence-corrected chi connectivity index (χ0v) is 16.2. The second kappa shape index (κ2) is 10.3. The Balaban J connectivity index is 2.17. The van der Waals surface area contributed by atoms with Gasteiger partial charge in [0.1, 0.15) is 11.5 Å². The molecule has 0 saturated carbocycles. The maximum Gasteiger partial charge on any atom is 0.335 e. The molecule has 1 amide bonds. The van der Waals surface area contributed by atoms with Crippen molar-refractivity contribution in [3.63, 3.8) is 0 Å². The Labute approximate surface area is 164 Å². The molecule has 7 heteroatoms. The summed E-state index contributed by atoms with van der Waals surface area (Å²) in [6.45, 7) is 4.77.